The predicted octanol–water partition coefficient (Wildman–Crippen LogP) is 0.938. The average molecular weight is 228 g/mol. The van der Waals surface area contributed by atoms with Crippen molar-refractivity contribution in [1.82, 2.24) is 9.88 Å². The summed E-state index contributed by atoms with van der Waals surface area (Å²) in [4.78, 5) is 11.6. The molecule has 0 unspecified atom stereocenters. The van der Waals surface area contributed by atoms with Crippen LogP contribution in [0.15, 0.2) is 42.9 Å². The second-order valence-corrected chi connectivity index (χ2v) is 4.25. The number of aromatic nitrogens is 2. The summed E-state index contributed by atoms with van der Waals surface area (Å²) in [5.41, 5.74) is 2.31. The molecule has 2 aromatic rings. The molecule has 0 bridgehead atoms. The van der Waals surface area contributed by atoms with Crippen LogP contribution in [0.4, 0.5) is 4.79 Å². The van der Waals surface area contributed by atoms with Crippen LogP contribution in [0, 0.1) is 0 Å². The SMILES string of the molecule is O=C1NCCc2c[n+](Cc3ccccc3)cn21. The molecule has 0 aliphatic carbocycles. The molecule has 2 heterocycles. The number of carbonyl (C=O) groups excluding carboxylic acids is 1. The molecular weight excluding hydrogens is 214 g/mol. The third kappa shape index (κ3) is 1.93. The van der Waals surface area contributed by atoms with E-state index >= 15 is 0 Å². The molecule has 1 aromatic carbocycles. The van der Waals surface area contributed by atoms with Gasteiger partial charge < -0.3 is 5.32 Å². The first kappa shape index (κ1) is 10.1. The zero-order chi connectivity index (χ0) is 11.7. The van der Waals surface area contributed by atoms with E-state index in [1.54, 1.807) is 4.57 Å². The maximum absolute atomic E-state index is 11.6. The fraction of sp³-hybridized carbons (Fsp3) is 0.231. The Morgan fingerprint density at radius 1 is 1.29 bits per heavy atom. The Bertz CT molecular complexity index is 545. The second-order valence-electron chi connectivity index (χ2n) is 4.25. The number of fused-ring (bicyclic) bond motifs is 1. The van der Waals surface area contributed by atoms with Gasteiger partial charge in [-0.3, -0.25) is 0 Å². The molecule has 17 heavy (non-hydrogen) atoms. The molecule has 1 amide bonds. The molecule has 1 aromatic heterocycles. The lowest BCUT2D eigenvalue weighted by Gasteiger charge is -2.07. The van der Waals surface area contributed by atoms with Crippen LogP contribution < -0.4 is 9.88 Å². The van der Waals surface area contributed by atoms with Gasteiger partial charge in [0.05, 0.1) is 0 Å². The third-order valence-corrected chi connectivity index (χ3v) is 2.97. The molecular formula is C13H14N3O+. The average Bonchev–Trinajstić information content (AvgIpc) is 2.74. The summed E-state index contributed by atoms with van der Waals surface area (Å²) in [5.74, 6) is 0. The van der Waals surface area contributed by atoms with Gasteiger partial charge in [0.1, 0.15) is 12.7 Å². The normalized spacial score (nSPS) is 14.2. The van der Waals surface area contributed by atoms with Crippen molar-refractivity contribution in [3.8, 4) is 0 Å². The summed E-state index contributed by atoms with van der Waals surface area (Å²) in [6.07, 6.45) is 4.80. The van der Waals surface area contributed by atoms with Crippen LogP contribution in [0.5, 0.6) is 0 Å². The fourth-order valence-corrected chi connectivity index (χ4v) is 2.14. The van der Waals surface area contributed by atoms with Gasteiger partial charge in [0.15, 0.2) is 5.69 Å². The summed E-state index contributed by atoms with van der Waals surface area (Å²) >= 11 is 0. The first-order valence-electron chi connectivity index (χ1n) is 5.75. The van der Waals surface area contributed by atoms with E-state index in [1.165, 1.54) is 5.56 Å². The van der Waals surface area contributed by atoms with E-state index in [4.69, 9.17) is 0 Å². The molecule has 86 valence electrons. The van der Waals surface area contributed by atoms with E-state index in [-0.39, 0.29) is 6.03 Å². The minimum atomic E-state index is -0.0296. The number of carbonyl (C=O) groups is 1. The van der Waals surface area contributed by atoms with Crippen molar-refractivity contribution < 1.29 is 9.36 Å². The van der Waals surface area contributed by atoms with Gasteiger partial charge in [-0.1, -0.05) is 30.3 Å². The standard InChI is InChI=1S/C13H13N3O/c17-13-14-7-6-12-9-15(10-16(12)13)8-11-4-2-1-3-5-11/h1-5,9-10H,6-8H2/p+1. The maximum Gasteiger partial charge on any atom is 0.413 e. The van der Waals surface area contributed by atoms with Gasteiger partial charge in [0.2, 0.25) is 0 Å². The molecule has 0 fully saturated rings. The van der Waals surface area contributed by atoms with Crippen LogP contribution in [0.1, 0.15) is 11.3 Å². The van der Waals surface area contributed by atoms with Crippen molar-refractivity contribution in [2.24, 2.45) is 0 Å². The van der Waals surface area contributed by atoms with Crippen molar-refractivity contribution in [3.05, 3.63) is 54.1 Å². The fourth-order valence-electron chi connectivity index (χ4n) is 2.14. The molecule has 1 aliphatic rings. The highest BCUT2D eigenvalue weighted by Crippen LogP contribution is 2.04. The Morgan fingerprint density at radius 3 is 2.88 bits per heavy atom. The highest BCUT2D eigenvalue weighted by molar-refractivity contribution is 5.78. The van der Waals surface area contributed by atoms with Crippen molar-refractivity contribution in [3.63, 3.8) is 0 Å². The number of hydrogen-bond acceptors (Lipinski definition) is 1. The van der Waals surface area contributed by atoms with Crippen LogP contribution in [0.3, 0.4) is 0 Å². The molecule has 4 nitrogen and oxygen atoms in total. The van der Waals surface area contributed by atoms with E-state index < -0.39 is 0 Å². The van der Waals surface area contributed by atoms with Gasteiger partial charge in [-0.15, -0.1) is 4.57 Å². The zero-order valence-electron chi connectivity index (χ0n) is 9.47. The molecule has 0 saturated heterocycles. The predicted molar refractivity (Wildman–Crippen MR) is 62.7 cm³/mol. The van der Waals surface area contributed by atoms with E-state index in [1.807, 2.05) is 30.7 Å². The Kier molecular flexibility index (Phi) is 2.40. The third-order valence-electron chi connectivity index (χ3n) is 2.97. The minimum Gasteiger partial charge on any atom is -0.317 e. The van der Waals surface area contributed by atoms with Gasteiger partial charge in [-0.2, -0.15) is 0 Å². The monoisotopic (exact) mass is 228 g/mol. The Balaban J connectivity index is 1.88. The molecule has 1 aliphatic heterocycles. The van der Waals surface area contributed by atoms with E-state index in [0.717, 1.165) is 25.2 Å². The van der Waals surface area contributed by atoms with E-state index in [9.17, 15) is 4.79 Å². The molecule has 0 atom stereocenters. The summed E-state index contributed by atoms with van der Waals surface area (Å²) in [7, 11) is 0. The van der Waals surface area contributed by atoms with Crippen molar-refractivity contribution >= 4 is 6.03 Å². The minimum absolute atomic E-state index is 0.0296. The second kappa shape index (κ2) is 4.05. The highest BCUT2D eigenvalue weighted by atomic mass is 16.2. The molecule has 0 spiro atoms. The number of nitrogens with one attached hydrogen (secondary N) is 1. The van der Waals surface area contributed by atoms with Gasteiger partial charge in [0, 0.05) is 13.0 Å². The molecule has 4 heteroatoms. The van der Waals surface area contributed by atoms with Crippen LogP contribution in [0.25, 0.3) is 0 Å². The van der Waals surface area contributed by atoms with E-state index in [2.05, 4.69) is 22.0 Å². The molecule has 0 radical (unpaired) electrons. The van der Waals surface area contributed by atoms with Crippen LogP contribution in [-0.4, -0.2) is 17.1 Å². The van der Waals surface area contributed by atoms with Crippen LogP contribution in [-0.2, 0) is 13.0 Å². The largest absolute Gasteiger partial charge is 0.413 e. The van der Waals surface area contributed by atoms with Crippen molar-refractivity contribution in [1.29, 1.82) is 0 Å². The molecule has 3 rings (SSSR count). The van der Waals surface area contributed by atoms with Gasteiger partial charge in [-0.25, -0.2) is 9.36 Å². The summed E-state index contributed by atoms with van der Waals surface area (Å²) < 4.78 is 3.74. The highest BCUT2D eigenvalue weighted by Gasteiger charge is 2.24. The first-order valence-corrected chi connectivity index (χ1v) is 5.75. The molecule has 0 saturated carbocycles. The van der Waals surface area contributed by atoms with Crippen LogP contribution >= 0.6 is 0 Å². The number of rotatable bonds is 2. The number of imidazole rings is 1. The quantitative estimate of drug-likeness (QED) is 0.763. The number of hydrogen-bond donors (Lipinski definition) is 1. The van der Waals surface area contributed by atoms with Gasteiger partial charge in [-0.05, 0) is 5.56 Å². The lowest BCUT2D eigenvalue weighted by molar-refractivity contribution is -0.687. The maximum atomic E-state index is 11.6. The van der Waals surface area contributed by atoms with Gasteiger partial charge >= 0.3 is 6.03 Å². The zero-order valence-corrected chi connectivity index (χ0v) is 9.47. The lowest BCUT2D eigenvalue weighted by atomic mass is 10.2. The van der Waals surface area contributed by atoms with Gasteiger partial charge in [0.25, 0.3) is 6.33 Å². The number of nitrogens with zero attached hydrogens (tertiary/aromatic N) is 2. The topological polar surface area (TPSA) is 37.9 Å². The Morgan fingerprint density at radius 2 is 2.12 bits per heavy atom. The number of amides is 1. The Hall–Kier alpha value is -2.10. The lowest BCUT2D eigenvalue weighted by Crippen LogP contribution is -2.37. The van der Waals surface area contributed by atoms with Crippen molar-refractivity contribution in [2.75, 3.05) is 6.54 Å². The summed E-state index contributed by atoms with van der Waals surface area (Å²) in [6.45, 7) is 1.53. The first-order chi connectivity index (χ1) is 8.33. The summed E-state index contributed by atoms with van der Waals surface area (Å²) in [6, 6.07) is 10.2. The number of benzene rings is 1. The molecule has 1 N–H and O–H groups in total. The Labute approximate surface area is 99.5 Å². The van der Waals surface area contributed by atoms with Crippen molar-refractivity contribution in [2.45, 2.75) is 13.0 Å². The van der Waals surface area contributed by atoms with Crippen LogP contribution in [0.2, 0.25) is 0 Å². The smallest absolute Gasteiger partial charge is 0.317 e. The summed E-state index contributed by atoms with van der Waals surface area (Å²) in [5, 5.41) is 2.83. The van der Waals surface area contributed by atoms with E-state index in [0.29, 0.717) is 0 Å².